The van der Waals surface area contributed by atoms with E-state index in [2.05, 4.69) is 33.0 Å². The van der Waals surface area contributed by atoms with Gasteiger partial charge in [-0.2, -0.15) is 0 Å². The molecule has 1 atom stereocenters. The number of rotatable bonds is 1. The number of allylic oxidation sites excluding steroid dienone is 1. The monoisotopic (exact) mass is 170 g/mol. The molecule has 1 rings (SSSR count). The SMILES string of the molecule is CCC1CC=C(C)[Si](C)(C)O1. The Hall–Kier alpha value is -0.0831. The summed E-state index contributed by atoms with van der Waals surface area (Å²) in [7, 11) is -1.42. The minimum Gasteiger partial charge on any atom is -0.410 e. The lowest BCUT2D eigenvalue weighted by Gasteiger charge is -2.33. The molecule has 0 aromatic heterocycles. The van der Waals surface area contributed by atoms with Crippen molar-refractivity contribution in [3.63, 3.8) is 0 Å². The van der Waals surface area contributed by atoms with Crippen molar-refractivity contribution in [3.05, 3.63) is 11.3 Å². The van der Waals surface area contributed by atoms with E-state index in [9.17, 15) is 0 Å². The fraction of sp³-hybridized carbons (Fsp3) is 0.778. The predicted molar refractivity (Wildman–Crippen MR) is 51.0 cm³/mol. The summed E-state index contributed by atoms with van der Waals surface area (Å²) in [6.45, 7) is 8.96. The van der Waals surface area contributed by atoms with Gasteiger partial charge in [-0.3, -0.25) is 0 Å². The van der Waals surface area contributed by atoms with Gasteiger partial charge in [-0.25, -0.2) is 0 Å². The summed E-state index contributed by atoms with van der Waals surface area (Å²) in [5.74, 6) is 0. The first-order valence-corrected chi connectivity index (χ1v) is 7.32. The largest absolute Gasteiger partial charge is 0.410 e. The Morgan fingerprint density at radius 1 is 1.64 bits per heavy atom. The molecule has 1 heterocycles. The van der Waals surface area contributed by atoms with Crippen LogP contribution in [0.3, 0.4) is 0 Å². The lowest BCUT2D eigenvalue weighted by molar-refractivity contribution is 0.187. The first kappa shape index (κ1) is 9.01. The smallest absolute Gasteiger partial charge is 0.214 e. The minimum absolute atomic E-state index is 0.500. The summed E-state index contributed by atoms with van der Waals surface area (Å²) in [4.78, 5) is 0. The summed E-state index contributed by atoms with van der Waals surface area (Å²) >= 11 is 0. The number of hydrogen-bond donors (Lipinski definition) is 0. The van der Waals surface area contributed by atoms with Crippen LogP contribution in [0.2, 0.25) is 13.1 Å². The van der Waals surface area contributed by atoms with Gasteiger partial charge in [-0.15, -0.1) is 0 Å². The van der Waals surface area contributed by atoms with Crippen LogP contribution in [0, 0.1) is 0 Å². The first-order valence-electron chi connectivity index (χ1n) is 4.41. The molecule has 64 valence electrons. The van der Waals surface area contributed by atoms with Gasteiger partial charge in [0.2, 0.25) is 8.32 Å². The third-order valence-corrected chi connectivity index (χ3v) is 5.58. The Labute approximate surface area is 70.6 Å². The normalized spacial score (nSPS) is 29.8. The second-order valence-corrected chi connectivity index (χ2v) is 7.83. The van der Waals surface area contributed by atoms with Crippen molar-refractivity contribution in [1.82, 2.24) is 0 Å². The molecule has 1 unspecified atom stereocenters. The topological polar surface area (TPSA) is 9.23 Å². The highest BCUT2D eigenvalue weighted by molar-refractivity contribution is 6.78. The van der Waals surface area contributed by atoms with Gasteiger partial charge in [-0.1, -0.05) is 18.2 Å². The Morgan fingerprint density at radius 2 is 2.27 bits per heavy atom. The number of hydrogen-bond acceptors (Lipinski definition) is 1. The van der Waals surface area contributed by atoms with Crippen molar-refractivity contribution in [2.75, 3.05) is 0 Å². The summed E-state index contributed by atoms with van der Waals surface area (Å²) in [5, 5.41) is 1.50. The zero-order chi connectivity index (χ0) is 8.48. The van der Waals surface area contributed by atoms with Crippen LogP contribution in [0.1, 0.15) is 26.7 Å². The van der Waals surface area contributed by atoms with Gasteiger partial charge >= 0.3 is 0 Å². The molecule has 0 aromatic carbocycles. The third kappa shape index (κ3) is 1.94. The molecule has 1 aliphatic rings. The van der Waals surface area contributed by atoms with Crippen molar-refractivity contribution in [1.29, 1.82) is 0 Å². The van der Waals surface area contributed by atoms with E-state index >= 15 is 0 Å². The molecule has 2 heteroatoms. The van der Waals surface area contributed by atoms with Crippen molar-refractivity contribution in [2.45, 2.75) is 45.9 Å². The molecule has 0 spiro atoms. The Morgan fingerprint density at radius 3 is 2.73 bits per heavy atom. The van der Waals surface area contributed by atoms with Crippen LogP contribution in [0.5, 0.6) is 0 Å². The molecule has 0 amide bonds. The van der Waals surface area contributed by atoms with Crippen LogP contribution in [0.4, 0.5) is 0 Å². The van der Waals surface area contributed by atoms with Crippen LogP contribution < -0.4 is 0 Å². The van der Waals surface area contributed by atoms with Crippen LogP contribution in [0.25, 0.3) is 0 Å². The van der Waals surface area contributed by atoms with Crippen molar-refractivity contribution < 1.29 is 4.43 Å². The molecular weight excluding hydrogens is 152 g/mol. The van der Waals surface area contributed by atoms with Crippen LogP contribution in [0.15, 0.2) is 11.3 Å². The van der Waals surface area contributed by atoms with Gasteiger partial charge in [0.25, 0.3) is 0 Å². The molecule has 0 fully saturated rings. The van der Waals surface area contributed by atoms with Gasteiger partial charge in [-0.05, 0) is 32.9 Å². The molecular formula is C9H18OSi. The lowest BCUT2D eigenvalue weighted by Crippen LogP contribution is -2.39. The zero-order valence-electron chi connectivity index (χ0n) is 7.98. The van der Waals surface area contributed by atoms with Crippen LogP contribution >= 0.6 is 0 Å². The first-order chi connectivity index (χ1) is 5.06. The Balaban J connectivity index is 2.69. The van der Waals surface area contributed by atoms with Crippen molar-refractivity contribution in [2.24, 2.45) is 0 Å². The van der Waals surface area contributed by atoms with Crippen molar-refractivity contribution >= 4 is 8.32 Å². The maximum atomic E-state index is 6.01. The highest BCUT2D eigenvalue weighted by atomic mass is 28.4. The third-order valence-electron chi connectivity index (χ3n) is 2.55. The second kappa shape index (κ2) is 3.11. The van der Waals surface area contributed by atoms with Gasteiger partial charge < -0.3 is 4.43 Å². The van der Waals surface area contributed by atoms with Crippen LogP contribution in [-0.2, 0) is 4.43 Å². The summed E-state index contributed by atoms with van der Waals surface area (Å²) < 4.78 is 6.01. The molecule has 0 N–H and O–H groups in total. The lowest BCUT2D eigenvalue weighted by atomic mass is 10.2. The highest BCUT2D eigenvalue weighted by Gasteiger charge is 2.30. The fourth-order valence-corrected chi connectivity index (χ4v) is 3.25. The summed E-state index contributed by atoms with van der Waals surface area (Å²) in [5.41, 5.74) is 0. The van der Waals surface area contributed by atoms with E-state index in [0.717, 1.165) is 12.8 Å². The van der Waals surface area contributed by atoms with E-state index in [1.165, 1.54) is 5.20 Å². The quantitative estimate of drug-likeness (QED) is 0.550. The van der Waals surface area contributed by atoms with E-state index in [-0.39, 0.29) is 0 Å². The minimum atomic E-state index is -1.42. The Kier molecular flexibility index (Phi) is 2.55. The Bertz CT molecular complexity index is 172. The molecule has 1 nitrogen and oxygen atoms in total. The highest BCUT2D eigenvalue weighted by Crippen LogP contribution is 2.26. The summed E-state index contributed by atoms with van der Waals surface area (Å²) in [6, 6.07) is 0. The van der Waals surface area contributed by atoms with Gasteiger partial charge in [0.15, 0.2) is 0 Å². The fourth-order valence-electron chi connectivity index (χ4n) is 1.36. The summed E-state index contributed by atoms with van der Waals surface area (Å²) in [6.07, 6.45) is 5.14. The maximum absolute atomic E-state index is 6.01. The van der Waals surface area contributed by atoms with Gasteiger partial charge in [0.05, 0.1) is 0 Å². The zero-order valence-corrected chi connectivity index (χ0v) is 8.98. The molecule has 0 saturated heterocycles. The predicted octanol–water partition coefficient (Wildman–Crippen LogP) is 2.88. The van der Waals surface area contributed by atoms with Gasteiger partial charge in [0, 0.05) is 6.10 Å². The molecule has 0 bridgehead atoms. The van der Waals surface area contributed by atoms with E-state index in [1.54, 1.807) is 0 Å². The van der Waals surface area contributed by atoms with Crippen molar-refractivity contribution in [3.8, 4) is 0 Å². The molecule has 0 aliphatic carbocycles. The molecule has 11 heavy (non-hydrogen) atoms. The second-order valence-electron chi connectivity index (χ2n) is 3.78. The molecule has 1 aliphatic heterocycles. The van der Waals surface area contributed by atoms with Gasteiger partial charge in [0.1, 0.15) is 0 Å². The average Bonchev–Trinajstić information content (AvgIpc) is 1.95. The van der Waals surface area contributed by atoms with Crippen LogP contribution in [-0.4, -0.2) is 14.4 Å². The maximum Gasteiger partial charge on any atom is 0.214 e. The van der Waals surface area contributed by atoms with E-state index in [1.807, 2.05) is 0 Å². The van der Waals surface area contributed by atoms with E-state index in [4.69, 9.17) is 4.43 Å². The standard InChI is InChI=1S/C9H18OSi/c1-5-9-7-6-8(2)11(3,4)10-9/h6,9H,5,7H2,1-4H3. The molecule has 0 radical (unpaired) electrons. The van der Waals surface area contributed by atoms with E-state index < -0.39 is 8.32 Å². The molecule has 0 saturated carbocycles. The van der Waals surface area contributed by atoms with E-state index in [0.29, 0.717) is 6.10 Å². The molecule has 0 aromatic rings. The average molecular weight is 170 g/mol.